The lowest BCUT2D eigenvalue weighted by Gasteiger charge is -2.14. The van der Waals surface area contributed by atoms with Gasteiger partial charge in [-0.15, -0.1) is 0 Å². The van der Waals surface area contributed by atoms with Crippen molar-refractivity contribution < 1.29 is 14.3 Å². The summed E-state index contributed by atoms with van der Waals surface area (Å²) in [7, 11) is 1.57. The second-order valence-corrected chi connectivity index (χ2v) is 7.48. The molecule has 0 aliphatic carbocycles. The summed E-state index contributed by atoms with van der Waals surface area (Å²) < 4.78 is 11.8. The molecule has 0 aromatic heterocycles. The van der Waals surface area contributed by atoms with Crippen molar-refractivity contribution in [3.05, 3.63) is 70.8 Å². The monoisotopic (exact) mass is 409 g/mol. The minimum Gasteiger partial charge on any atom is -0.493 e. The second kappa shape index (κ2) is 12.7. The molecule has 4 heteroatoms. The standard InChI is InChI=1S/C26H35NO3/c1-6-7-16-29-25-18-20(2)26(21(3)19-25)30-17-10-8-9-11-23-12-14-24(15-13-23)22(4)27-28-5/h6-7,12-15,18-19H,8-11,16-17H2,1-5H3/b7-6+,27-22-. The Hall–Kier alpha value is -2.75. The van der Waals surface area contributed by atoms with Crippen LogP contribution in [-0.4, -0.2) is 26.0 Å². The quantitative estimate of drug-likeness (QED) is 0.176. The zero-order chi connectivity index (χ0) is 21.8. The van der Waals surface area contributed by atoms with Crippen LogP contribution in [0.25, 0.3) is 0 Å². The first-order valence-electron chi connectivity index (χ1n) is 10.7. The van der Waals surface area contributed by atoms with E-state index in [0.29, 0.717) is 6.61 Å². The summed E-state index contributed by atoms with van der Waals surface area (Å²) in [5, 5.41) is 3.97. The number of rotatable bonds is 12. The Labute approximate surface area is 181 Å². The highest BCUT2D eigenvalue weighted by atomic mass is 16.6. The molecule has 0 saturated heterocycles. The first-order chi connectivity index (χ1) is 14.5. The number of aryl methyl sites for hydroxylation is 3. The lowest BCUT2D eigenvalue weighted by atomic mass is 10.0. The number of hydrogen-bond acceptors (Lipinski definition) is 4. The number of oxime groups is 1. The summed E-state index contributed by atoms with van der Waals surface area (Å²) in [5.41, 5.74) is 5.59. The smallest absolute Gasteiger partial charge is 0.125 e. The predicted octanol–water partition coefficient (Wildman–Crippen LogP) is 6.42. The van der Waals surface area contributed by atoms with Gasteiger partial charge < -0.3 is 14.3 Å². The number of benzene rings is 2. The summed E-state index contributed by atoms with van der Waals surface area (Å²) in [4.78, 5) is 4.83. The van der Waals surface area contributed by atoms with E-state index in [-0.39, 0.29) is 0 Å². The van der Waals surface area contributed by atoms with Crippen molar-refractivity contribution >= 4 is 5.71 Å². The summed E-state index contributed by atoms with van der Waals surface area (Å²) in [5.74, 6) is 1.88. The predicted molar refractivity (Wildman–Crippen MR) is 125 cm³/mol. The fourth-order valence-corrected chi connectivity index (χ4v) is 3.35. The lowest BCUT2D eigenvalue weighted by molar-refractivity contribution is 0.213. The van der Waals surface area contributed by atoms with Crippen molar-refractivity contribution in [1.82, 2.24) is 0 Å². The van der Waals surface area contributed by atoms with Crippen LogP contribution < -0.4 is 9.47 Å². The van der Waals surface area contributed by atoms with E-state index in [1.165, 1.54) is 5.56 Å². The molecule has 0 saturated carbocycles. The maximum Gasteiger partial charge on any atom is 0.125 e. The highest BCUT2D eigenvalue weighted by Gasteiger charge is 2.07. The molecule has 0 bridgehead atoms. The number of nitrogens with zero attached hydrogens (tertiary/aromatic N) is 1. The van der Waals surface area contributed by atoms with Gasteiger partial charge >= 0.3 is 0 Å². The minimum atomic E-state index is 0.596. The van der Waals surface area contributed by atoms with E-state index in [4.69, 9.17) is 14.3 Å². The van der Waals surface area contributed by atoms with E-state index in [1.54, 1.807) is 7.11 Å². The van der Waals surface area contributed by atoms with Gasteiger partial charge in [0, 0.05) is 0 Å². The average Bonchev–Trinajstić information content (AvgIpc) is 2.73. The first kappa shape index (κ1) is 23.5. The molecule has 0 spiro atoms. The molecule has 0 radical (unpaired) electrons. The zero-order valence-electron chi connectivity index (χ0n) is 19.0. The number of hydrogen-bond donors (Lipinski definition) is 0. The zero-order valence-corrected chi connectivity index (χ0v) is 19.0. The molecule has 0 fully saturated rings. The Morgan fingerprint density at radius 2 is 1.67 bits per heavy atom. The molecule has 0 amide bonds. The third-order valence-electron chi connectivity index (χ3n) is 4.97. The molecule has 0 unspecified atom stereocenters. The van der Waals surface area contributed by atoms with Crippen LogP contribution in [0.3, 0.4) is 0 Å². The van der Waals surface area contributed by atoms with Crippen LogP contribution in [0.5, 0.6) is 11.5 Å². The van der Waals surface area contributed by atoms with Crippen LogP contribution in [-0.2, 0) is 11.3 Å². The van der Waals surface area contributed by atoms with E-state index >= 15 is 0 Å². The third-order valence-corrected chi connectivity index (χ3v) is 4.97. The SMILES string of the molecule is C/C=C/COc1cc(C)c(OCCCCCc2ccc(/C(C)=N\OC)cc2)c(C)c1. The summed E-state index contributed by atoms with van der Waals surface area (Å²) in [6.07, 6.45) is 8.43. The van der Waals surface area contributed by atoms with E-state index in [1.807, 2.05) is 26.0 Å². The van der Waals surface area contributed by atoms with Crippen molar-refractivity contribution in [2.24, 2.45) is 5.16 Å². The Balaban J connectivity index is 1.72. The van der Waals surface area contributed by atoms with Gasteiger partial charge in [-0.05, 0) is 87.8 Å². The fourth-order valence-electron chi connectivity index (χ4n) is 3.35. The number of allylic oxidation sites excluding steroid dienone is 1. The van der Waals surface area contributed by atoms with Gasteiger partial charge in [0.1, 0.15) is 25.2 Å². The summed E-state index contributed by atoms with van der Waals surface area (Å²) in [6, 6.07) is 12.7. The van der Waals surface area contributed by atoms with Gasteiger partial charge in [-0.3, -0.25) is 0 Å². The van der Waals surface area contributed by atoms with Gasteiger partial charge in [-0.2, -0.15) is 0 Å². The molecule has 0 aliphatic heterocycles. The molecule has 0 atom stereocenters. The Morgan fingerprint density at radius 1 is 0.967 bits per heavy atom. The van der Waals surface area contributed by atoms with Crippen molar-refractivity contribution in [2.75, 3.05) is 20.3 Å². The second-order valence-electron chi connectivity index (χ2n) is 7.48. The van der Waals surface area contributed by atoms with Crippen LogP contribution in [0.15, 0.2) is 53.7 Å². The van der Waals surface area contributed by atoms with Gasteiger partial charge in [-0.25, -0.2) is 0 Å². The maximum absolute atomic E-state index is 6.07. The van der Waals surface area contributed by atoms with E-state index in [0.717, 1.165) is 66.2 Å². The molecule has 2 aromatic carbocycles. The normalized spacial score (nSPS) is 11.7. The van der Waals surface area contributed by atoms with Crippen LogP contribution in [0.4, 0.5) is 0 Å². The summed E-state index contributed by atoms with van der Waals surface area (Å²) in [6.45, 7) is 9.44. The fraction of sp³-hybridized carbons (Fsp3) is 0.423. The van der Waals surface area contributed by atoms with Crippen LogP contribution in [0, 0.1) is 13.8 Å². The summed E-state index contributed by atoms with van der Waals surface area (Å²) >= 11 is 0. The van der Waals surface area contributed by atoms with Gasteiger partial charge in [0.25, 0.3) is 0 Å². The molecule has 0 aliphatic rings. The molecule has 2 rings (SSSR count). The molecule has 162 valence electrons. The van der Waals surface area contributed by atoms with Gasteiger partial charge in [0.2, 0.25) is 0 Å². The molecule has 2 aromatic rings. The van der Waals surface area contributed by atoms with Crippen molar-refractivity contribution in [1.29, 1.82) is 0 Å². The lowest BCUT2D eigenvalue weighted by Crippen LogP contribution is -2.02. The highest BCUT2D eigenvalue weighted by molar-refractivity contribution is 5.98. The molecule has 30 heavy (non-hydrogen) atoms. The molecule has 0 heterocycles. The molecular weight excluding hydrogens is 374 g/mol. The Bertz CT molecular complexity index is 815. The van der Waals surface area contributed by atoms with Crippen molar-refractivity contribution in [3.63, 3.8) is 0 Å². The highest BCUT2D eigenvalue weighted by Crippen LogP contribution is 2.28. The minimum absolute atomic E-state index is 0.596. The molecule has 4 nitrogen and oxygen atoms in total. The Morgan fingerprint density at radius 3 is 2.30 bits per heavy atom. The van der Waals surface area contributed by atoms with E-state index < -0.39 is 0 Å². The maximum atomic E-state index is 6.07. The third kappa shape index (κ3) is 7.58. The number of unbranched alkanes of at least 4 members (excludes halogenated alkanes) is 2. The first-order valence-corrected chi connectivity index (χ1v) is 10.7. The van der Waals surface area contributed by atoms with Crippen molar-refractivity contribution in [2.45, 2.75) is 53.4 Å². The van der Waals surface area contributed by atoms with Crippen LogP contribution in [0.2, 0.25) is 0 Å². The number of ether oxygens (including phenoxy) is 2. The topological polar surface area (TPSA) is 40.0 Å². The van der Waals surface area contributed by atoms with E-state index in [9.17, 15) is 0 Å². The van der Waals surface area contributed by atoms with Gasteiger partial charge in [-0.1, -0.05) is 41.6 Å². The van der Waals surface area contributed by atoms with Crippen LogP contribution >= 0.6 is 0 Å². The van der Waals surface area contributed by atoms with Crippen molar-refractivity contribution in [3.8, 4) is 11.5 Å². The largest absolute Gasteiger partial charge is 0.493 e. The van der Waals surface area contributed by atoms with Crippen LogP contribution in [0.1, 0.15) is 55.4 Å². The molecule has 0 N–H and O–H groups in total. The molecular formula is C26H35NO3. The van der Waals surface area contributed by atoms with Gasteiger partial charge in [0.05, 0.1) is 12.3 Å². The van der Waals surface area contributed by atoms with Gasteiger partial charge in [0.15, 0.2) is 0 Å². The Kier molecular flexibility index (Phi) is 9.99. The van der Waals surface area contributed by atoms with E-state index in [2.05, 4.69) is 55.4 Å². The average molecular weight is 410 g/mol.